The zero-order chi connectivity index (χ0) is 12.3. The third kappa shape index (κ3) is 3.32. The van der Waals surface area contributed by atoms with E-state index in [0.717, 1.165) is 5.69 Å². The van der Waals surface area contributed by atoms with Crippen molar-refractivity contribution in [2.75, 3.05) is 5.32 Å². The highest BCUT2D eigenvalue weighted by Gasteiger charge is 2.18. The second kappa shape index (κ2) is 5.35. The van der Waals surface area contributed by atoms with Crippen molar-refractivity contribution in [2.45, 2.75) is 46.0 Å². The van der Waals surface area contributed by atoms with Crippen LogP contribution in [0.15, 0.2) is 18.2 Å². The highest BCUT2D eigenvalue weighted by molar-refractivity contribution is 5.91. The molecule has 1 aromatic carbocycles. The quantitative estimate of drug-likeness (QED) is 0.841. The molecular formula is C15H21NO. The maximum atomic E-state index is 11.9. The van der Waals surface area contributed by atoms with Gasteiger partial charge in [-0.3, -0.25) is 4.79 Å². The number of nitrogens with one attached hydrogen (secondary N) is 1. The summed E-state index contributed by atoms with van der Waals surface area (Å²) in [6.07, 6.45) is 5.72. The van der Waals surface area contributed by atoms with Crippen LogP contribution in [0, 0.1) is 19.8 Å². The van der Waals surface area contributed by atoms with Crippen molar-refractivity contribution in [3.63, 3.8) is 0 Å². The lowest BCUT2D eigenvalue weighted by molar-refractivity contribution is -0.117. The van der Waals surface area contributed by atoms with E-state index in [4.69, 9.17) is 0 Å². The summed E-state index contributed by atoms with van der Waals surface area (Å²) in [7, 11) is 0. The average Bonchev–Trinajstić information content (AvgIpc) is 2.76. The van der Waals surface area contributed by atoms with Gasteiger partial charge in [0, 0.05) is 12.1 Å². The van der Waals surface area contributed by atoms with Gasteiger partial charge in [0.25, 0.3) is 0 Å². The molecule has 0 atom stereocenters. The molecule has 0 radical (unpaired) electrons. The van der Waals surface area contributed by atoms with E-state index in [2.05, 4.69) is 25.2 Å². The van der Waals surface area contributed by atoms with E-state index in [1.165, 1.54) is 36.8 Å². The van der Waals surface area contributed by atoms with Crippen LogP contribution in [0.2, 0.25) is 0 Å². The summed E-state index contributed by atoms with van der Waals surface area (Å²) < 4.78 is 0. The van der Waals surface area contributed by atoms with Crippen molar-refractivity contribution in [1.82, 2.24) is 0 Å². The second-order valence-corrected chi connectivity index (χ2v) is 5.20. The second-order valence-electron chi connectivity index (χ2n) is 5.20. The minimum atomic E-state index is 0.167. The summed E-state index contributed by atoms with van der Waals surface area (Å²) in [5.74, 6) is 0.779. The van der Waals surface area contributed by atoms with Gasteiger partial charge in [-0.05, 0) is 55.9 Å². The van der Waals surface area contributed by atoms with Crippen LogP contribution in [0.3, 0.4) is 0 Å². The van der Waals surface area contributed by atoms with Gasteiger partial charge in [0.1, 0.15) is 0 Å². The summed E-state index contributed by atoms with van der Waals surface area (Å²) >= 11 is 0. The summed E-state index contributed by atoms with van der Waals surface area (Å²) in [6, 6.07) is 6.08. The van der Waals surface area contributed by atoms with Crippen molar-refractivity contribution in [2.24, 2.45) is 5.92 Å². The Morgan fingerprint density at radius 2 is 1.94 bits per heavy atom. The summed E-state index contributed by atoms with van der Waals surface area (Å²) in [6.45, 7) is 4.15. The molecule has 1 saturated carbocycles. The Labute approximate surface area is 103 Å². The molecule has 1 aromatic rings. The van der Waals surface area contributed by atoms with Crippen LogP contribution in [0.4, 0.5) is 5.69 Å². The molecule has 0 heterocycles. The van der Waals surface area contributed by atoms with Crippen LogP contribution >= 0.6 is 0 Å². The van der Waals surface area contributed by atoms with E-state index in [-0.39, 0.29) is 5.91 Å². The highest BCUT2D eigenvalue weighted by Crippen LogP contribution is 2.27. The molecule has 1 fully saturated rings. The van der Waals surface area contributed by atoms with Crippen LogP contribution in [-0.4, -0.2) is 5.91 Å². The van der Waals surface area contributed by atoms with E-state index in [1.807, 2.05) is 12.1 Å². The lowest BCUT2D eigenvalue weighted by atomic mass is 10.0. The summed E-state index contributed by atoms with van der Waals surface area (Å²) in [4.78, 5) is 11.9. The fraction of sp³-hybridized carbons (Fsp3) is 0.533. The van der Waals surface area contributed by atoms with Gasteiger partial charge in [0.15, 0.2) is 0 Å². The standard InChI is InChI=1S/C15H21NO/c1-11-7-8-14(9-12(11)2)16-15(17)10-13-5-3-4-6-13/h7-9,13H,3-6,10H2,1-2H3,(H,16,17). The van der Waals surface area contributed by atoms with Crippen molar-refractivity contribution in [1.29, 1.82) is 0 Å². The summed E-state index contributed by atoms with van der Waals surface area (Å²) in [5, 5.41) is 3.00. The molecule has 1 aliphatic rings. The molecule has 0 bridgehead atoms. The normalized spacial score (nSPS) is 16.1. The largest absolute Gasteiger partial charge is 0.326 e. The van der Waals surface area contributed by atoms with Crippen molar-refractivity contribution < 1.29 is 4.79 Å². The maximum absolute atomic E-state index is 11.9. The first-order chi connectivity index (χ1) is 8.15. The van der Waals surface area contributed by atoms with Gasteiger partial charge in [-0.1, -0.05) is 18.9 Å². The Hall–Kier alpha value is -1.31. The minimum absolute atomic E-state index is 0.167. The van der Waals surface area contributed by atoms with Crippen LogP contribution in [0.5, 0.6) is 0 Å². The molecule has 0 unspecified atom stereocenters. The van der Waals surface area contributed by atoms with Gasteiger partial charge in [-0.25, -0.2) is 0 Å². The Morgan fingerprint density at radius 3 is 2.59 bits per heavy atom. The Balaban J connectivity index is 1.90. The van der Waals surface area contributed by atoms with Gasteiger partial charge >= 0.3 is 0 Å². The van der Waals surface area contributed by atoms with E-state index in [9.17, 15) is 4.79 Å². The summed E-state index contributed by atoms with van der Waals surface area (Å²) in [5.41, 5.74) is 3.42. The molecule has 1 aliphatic carbocycles. The fourth-order valence-corrected chi connectivity index (χ4v) is 2.51. The average molecular weight is 231 g/mol. The molecular weight excluding hydrogens is 210 g/mol. The molecule has 0 spiro atoms. The minimum Gasteiger partial charge on any atom is -0.326 e. The maximum Gasteiger partial charge on any atom is 0.224 e. The van der Waals surface area contributed by atoms with E-state index in [1.54, 1.807) is 0 Å². The van der Waals surface area contributed by atoms with Gasteiger partial charge in [0.05, 0.1) is 0 Å². The number of carbonyl (C=O) groups is 1. The van der Waals surface area contributed by atoms with Crippen LogP contribution in [-0.2, 0) is 4.79 Å². The zero-order valence-corrected chi connectivity index (χ0v) is 10.8. The number of hydrogen-bond acceptors (Lipinski definition) is 1. The van der Waals surface area contributed by atoms with Gasteiger partial charge in [0.2, 0.25) is 5.91 Å². The molecule has 17 heavy (non-hydrogen) atoms. The molecule has 0 aliphatic heterocycles. The number of benzene rings is 1. The molecule has 1 N–H and O–H groups in total. The van der Waals surface area contributed by atoms with Crippen LogP contribution < -0.4 is 5.32 Å². The molecule has 92 valence electrons. The first-order valence-electron chi connectivity index (χ1n) is 6.52. The lowest BCUT2D eigenvalue weighted by Crippen LogP contribution is -2.15. The predicted molar refractivity (Wildman–Crippen MR) is 71.1 cm³/mol. The first kappa shape index (κ1) is 12.2. The number of carbonyl (C=O) groups excluding carboxylic acids is 1. The number of rotatable bonds is 3. The van der Waals surface area contributed by atoms with E-state index in [0.29, 0.717) is 12.3 Å². The molecule has 2 nitrogen and oxygen atoms in total. The number of anilines is 1. The zero-order valence-electron chi connectivity index (χ0n) is 10.8. The van der Waals surface area contributed by atoms with Gasteiger partial charge in [-0.15, -0.1) is 0 Å². The predicted octanol–water partition coefficient (Wildman–Crippen LogP) is 3.82. The highest BCUT2D eigenvalue weighted by atomic mass is 16.1. The third-order valence-corrected chi connectivity index (χ3v) is 3.74. The molecule has 0 saturated heterocycles. The Morgan fingerprint density at radius 1 is 1.24 bits per heavy atom. The van der Waals surface area contributed by atoms with E-state index >= 15 is 0 Å². The number of amides is 1. The van der Waals surface area contributed by atoms with Crippen molar-refractivity contribution in [3.8, 4) is 0 Å². The number of hydrogen-bond donors (Lipinski definition) is 1. The van der Waals surface area contributed by atoms with Gasteiger partial charge in [-0.2, -0.15) is 0 Å². The SMILES string of the molecule is Cc1ccc(NC(=O)CC2CCCC2)cc1C. The van der Waals surface area contributed by atoms with Crippen molar-refractivity contribution in [3.05, 3.63) is 29.3 Å². The monoisotopic (exact) mass is 231 g/mol. The molecule has 0 aromatic heterocycles. The number of aryl methyl sites for hydroxylation is 2. The lowest BCUT2D eigenvalue weighted by Gasteiger charge is -2.10. The molecule has 1 amide bonds. The molecule has 2 heteroatoms. The van der Waals surface area contributed by atoms with E-state index < -0.39 is 0 Å². The smallest absolute Gasteiger partial charge is 0.224 e. The topological polar surface area (TPSA) is 29.1 Å². The Bertz CT molecular complexity index is 405. The van der Waals surface area contributed by atoms with Crippen molar-refractivity contribution >= 4 is 11.6 Å². The van der Waals surface area contributed by atoms with Crippen LogP contribution in [0.1, 0.15) is 43.2 Å². The Kier molecular flexibility index (Phi) is 3.82. The third-order valence-electron chi connectivity index (χ3n) is 3.74. The van der Waals surface area contributed by atoms with Gasteiger partial charge < -0.3 is 5.32 Å². The fourth-order valence-electron chi connectivity index (χ4n) is 2.51. The molecule has 2 rings (SSSR count). The first-order valence-corrected chi connectivity index (χ1v) is 6.52. The van der Waals surface area contributed by atoms with Crippen LogP contribution in [0.25, 0.3) is 0 Å².